The second-order valence-corrected chi connectivity index (χ2v) is 8.05. The maximum absolute atomic E-state index is 6.37. The second-order valence-electron chi connectivity index (χ2n) is 8.05. The molecule has 0 aromatic heterocycles. The lowest BCUT2D eigenvalue weighted by atomic mass is 9.98. The third kappa shape index (κ3) is 4.31. The van der Waals surface area contributed by atoms with Gasteiger partial charge in [0.05, 0.1) is 25.4 Å². The van der Waals surface area contributed by atoms with Crippen LogP contribution in [-0.2, 0) is 18.9 Å². The van der Waals surface area contributed by atoms with Crippen molar-refractivity contribution in [2.24, 2.45) is 11.8 Å². The molecule has 4 fully saturated rings. The minimum atomic E-state index is 0.306. The molecule has 0 aliphatic carbocycles. The fourth-order valence-electron chi connectivity index (χ4n) is 4.77. The summed E-state index contributed by atoms with van der Waals surface area (Å²) in [6, 6.07) is 0.636. The van der Waals surface area contributed by atoms with Crippen LogP contribution in [0.2, 0.25) is 0 Å². The van der Waals surface area contributed by atoms with Crippen molar-refractivity contribution in [3.63, 3.8) is 0 Å². The highest BCUT2D eigenvalue weighted by atomic mass is 16.5. The summed E-state index contributed by atoms with van der Waals surface area (Å²) in [5.74, 6) is 1.43. The van der Waals surface area contributed by atoms with E-state index in [2.05, 4.69) is 4.90 Å². The van der Waals surface area contributed by atoms with E-state index in [1.807, 2.05) is 0 Å². The molecule has 0 bridgehead atoms. The lowest BCUT2D eigenvalue weighted by Crippen LogP contribution is -2.45. The van der Waals surface area contributed by atoms with E-state index in [0.717, 1.165) is 64.8 Å². The molecular formula is C19H33NO4. The first-order chi connectivity index (χ1) is 11.9. The molecule has 138 valence electrons. The molecule has 0 aromatic carbocycles. The number of likely N-dealkylation sites (tertiary alicyclic amines) is 1. The molecule has 0 saturated carbocycles. The van der Waals surface area contributed by atoms with E-state index in [1.165, 1.54) is 32.4 Å². The Hall–Kier alpha value is -0.200. The Balaban J connectivity index is 1.16. The molecule has 4 aliphatic heterocycles. The SMILES string of the molecule is C1CC(COC[C@@H]2CC[C@H]3[C@H](CCN3C[C@@H]3CCOC3)O2)CCO1. The van der Waals surface area contributed by atoms with Gasteiger partial charge in [-0.15, -0.1) is 0 Å². The van der Waals surface area contributed by atoms with Gasteiger partial charge in [0.15, 0.2) is 0 Å². The van der Waals surface area contributed by atoms with Gasteiger partial charge >= 0.3 is 0 Å². The first-order valence-electron chi connectivity index (χ1n) is 10.0. The zero-order valence-corrected chi connectivity index (χ0v) is 14.9. The molecular weight excluding hydrogens is 306 g/mol. The predicted molar refractivity (Wildman–Crippen MR) is 91.2 cm³/mol. The van der Waals surface area contributed by atoms with Gasteiger partial charge in [-0.2, -0.15) is 0 Å². The van der Waals surface area contributed by atoms with E-state index in [9.17, 15) is 0 Å². The lowest BCUT2D eigenvalue weighted by molar-refractivity contribution is -0.105. The van der Waals surface area contributed by atoms with Crippen LogP contribution in [0.25, 0.3) is 0 Å². The molecule has 4 aliphatic rings. The van der Waals surface area contributed by atoms with E-state index in [-0.39, 0.29) is 0 Å². The van der Waals surface area contributed by atoms with Crippen LogP contribution < -0.4 is 0 Å². The molecule has 0 radical (unpaired) electrons. The van der Waals surface area contributed by atoms with E-state index in [1.54, 1.807) is 0 Å². The van der Waals surface area contributed by atoms with Crippen LogP contribution >= 0.6 is 0 Å². The molecule has 4 rings (SSSR count). The van der Waals surface area contributed by atoms with Crippen LogP contribution in [0.1, 0.15) is 38.5 Å². The Bertz CT molecular complexity index is 382. The highest BCUT2D eigenvalue weighted by Gasteiger charge is 2.40. The van der Waals surface area contributed by atoms with E-state index in [0.29, 0.717) is 24.2 Å². The number of nitrogens with zero attached hydrogens (tertiary/aromatic N) is 1. The normalized spacial score (nSPS) is 38.5. The van der Waals surface area contributed by atoms with Crippen molar-refractivity contribution in [3.8, 4) is 0 Å². The average Bonchev–Trinajstić information content (AvgIpc) is 3.26. The average molecular weight is 339 g/mol. The Morgan fingerprint density at radius 2 is 1.67 bits per heavy atom. The number of hydrogen-bond donors (Lipinski definition) is 0. The highest BCUT2D eigenvalue weighted by molar-refractivity contribution is 4.93. The third-order valence-corrected chi connectivity index (χ3v) is 6.27. The molecule has 4 saturated heterocycles. The Kier molecular flexibility index (Phi) is 6.07. The van der Waals surface area contributed by atoms with Gasteiger partial charge in [0, 0.05) is 45.6 Å². The quantitative estimate of drug-likeness (QED) is 0.741. The van der Waals surface area contributed by atoms with Crippen molar-refractivity contribution in [2.75, 3.05) is 52.7 Å². The summed E-state index contributed by atoms with van der Waals surface area (Å²) in [7, 11) is 0. The van der Waals surface area contributed by atoms with Crippen molar-refractivity contribution in [1.29, 1.82) is 0 Å². The Morgan fingerprint density at radius 1 is 0.833 bits per heavy atom. The summed E-state index contributed by atoms with van der Waals surface area (Å²) < 4.78 is 23.3. The van der Waals surface area contributed by atoms with Crippen molar-refractivity contribution in [1.82, 2.24) is 4.90 Å². The Morgan fingerprint density at radius 3 is 2.50 bits per heavy atom. The van der Waals surface area contributed by atoms with Gasteiger partial charge in [0.2, 0.25) is 0 Å². The fourth-order valence-corrected chi connectivity index (χ4v) is 4.77. The summed E-state index contributed by atoms with van der Waals surface area (Å²) in [5.41, 5.74) is 0. The van der Waals surface area contributed by atoms with Gasteiger partial charge < -0.3 is 18.9 Å². The van der Waals surface area contributed by atoms with Crippen molar-refractivity contribution >= 4 is 0 Å². The summed E-state index contributed by atoms with van der Waals surface area (Å²) in [5, 5.41) is 0. The monoisotopic (exact) mass is 339 g/mol. The smallest absolute Gasteiger partial charge is 0.0813 e. The zero-order valence-electron chi connectivity index (χ0n) is 14.9. The van der Waals surface area contributed by atoms with Gasteiger partial charge in [-0.25, -0.2) is 0 Å². The number of fused-ring (bicyclic) bond motifs is 1. The summed E-state index contributed by atoms with van der Waals surface area (Å²) in [6.07, 6.45) is 7.87. The van der Waals surface area contributed by atoms with Crippen LogP contribution in [0.3, 0.4) is 0 Å². The van der Waals surface area contributed by atoms with Crippen LogP contribution in [0, 0.1) is 11.8 Å². The standard InChI is InChI=1S/C19H33NO4/c1-2-18-19(3-7-20(18)11-16-6-10-22-13-16)24-17(1)14-23-12-15-4-8-21-9-5-15/h15-19H,1-14H2/t16-,17-,18-,19-/m0/s1. The molecule has 5 nitrogen and oxygen atoms in total. The molecule has 5 heteroatoms. The van der Waals surface area contributed by atoms with E-state index < -0.39 is 0 Å². The van der Waals surface area contributed by atoms with Crippen molar-refractivity contribution in [3.05, 3.63) is 0 Å². The number of ether oxygens (including phenoxy) is 4. The largest absolute Gasteiger partial charge is 0.381 e. The first-order valence-corrected chi connectivity index (χ1v) is 10.0. The molecule has 0 N–H and O–H groups in total. The molecule has 24 heavy (non-hydrogen) atoms. The molecule has 0 unspecified atom stereocenters. The lowest BCUT2D eigenvalue weighted by Gasteiger charge is -2.36. The van der Waals surface area contributed by atoms with Gasteiger partial charge in [0.25, 0.3) is 0 Å². The van der Waals surface area contributed by atoms with Crippen LogP contribution in [-0.4, -0.2) is 75.9 Å². The van der Waals surface area contributed by atoms with Crippen LogP contribution in [0.15, 0.2) is 0 Å². The Labute approximate surface area is 145 Å². The summed E-state index contributed by atoms with van der Waals surface area (Å²) in [6.45, 7) is 7.77. The summed E-state index contributed by atoms with van der Waals surface area (Å²) >= 11 is 0. The second kappa shape index (κ2) is 8.45. The van der Waals surface area contributed by atoms with Crippen LogP contribution in [0.4, 0.5) is 0 Å². The number of rotatable bonds is 6. The zero-order chi connectivity index (χ0) is 16.2. The van der Waals surface area contributed by atoms with Gasteiger partial charge in [-0.3, -0.25) is 4.90 Å². The van der Waals surface area contributed by atoms with Gasteiger partial charge in [-0.1, -0.05) is 0 Å². The molecule has 0 aromatic rings. The first kappa shape index (κ1) is 17.2. The van der Waals surface area contributed by atoms with Crippen molar-refractivity contribution < 1.29 is 18.9 Å². The molecule has 4 heterocycles. The fraction of sp³-hybridized carbons (Fsp3) is 1.00. The van der Waals surface area contributed by atoms with Gasteiger partial charge in [0.1, 0.15) is 0 Å². The predicted octanol–water partition coefficient (Wildman–Crippen LogP) is 2.09. The molecule has 4 atom stereocenters. The summed E-state index contributed by atoms with van der Waals surface area (Å²) in [4.78, 5) is 2.67. The molecule has 0 amide bonds. The maximum atomic E-state index is 6.37. The van der Waals surface area contributed by atoms with Crippen LogP contribution in [0.5, 0.6) is 0 Å². The van der Waals surface area contributed by atoms with E-state index in [4.69, 9.17) is 18.9 Å². The highest BCUT2D eigenvalue weighted by Crippen LogP contribution is 2.33. The number of hydrogen-bond acceptors (Lipinski definition) is 5. The van der Waals surface area contributed by atoms with E-state index >= 15 is 0 Å². The minimum Gasteiger partial charge on any atom is -0.381 e. The minimum absolute atomic E-state index is 0.306. The molecule has 0 spiro atoms. The maximum Gasteiger partial charge on any atom is 0.0813 e. The third-order valence-electron chi connectivity index (χ3n) is 6.27. The topological polar surface area (TPSA) is 40.2 Å². The van der Waals surface area contributed by atoms with Gasteiger partial charge in [-0.05, 0) is 50.4 Å². The van der Waals surface area contributed by atoms with Crippen molar-refractivity contribution in [2.45, 2.75) is 56.8 Å².